The number of anilines is 1. The summed E-state index contributed by atoms with van der Waals surface area (Å²) in [6, 6.07) is 15.8. The van der Waals surface area contributed by atoms with E-state index in [0.717, 1.165) is 33.1 Å². The molecule has 27 heavy (non-hydrogen) atoms. The van der Waals surface area contributed by atoms with Gasteiger partial charge in [-0.25, -0.2) is 9.97 Å². The van der Waals surface area contributed by atoms with E-state index in [9.17, 15) is 4.79 Å². The van der Waals surface area contributed by atoms with Crippen molar-refractivity contribution in [2.24, 2.45) is 0 Å². The Bertz CT molecular complexity index is 1110. The second-order valence-corrected chi connectivity index (χ2v) is 7.76. The van der Waals surface area contributed by atoms with Gasteiger partial charge in [0, 0.05) is 17.3 Å². The smallest absolute Gasteiger partial charge is 0.267 e. The first-order valence-electron chi connectivity index (χ1n) is 8.84. The molecule has 0 radical (unpaired) electrons. The zero-order valence-electron chi connectivity index (χ0n) is 15.4. The highest BCUT2D eigenvalue weighted by Crippen LogP contribution is 2.26. The third-order valence-electron chi connectivity index (χ3n) is 4.37. The average Bonchev–Trinajstić information content (AvgIpc) is 3.26. The monoisotopic (exact) mass is 376 g/mol. The van der Waals surface area contributed by atoms with Gasteiger partial charge in [0.25, 0.3) is 5.91 Å². The molecule has 0 aliphatic carbocycles. The first-order valence-corrected chi connectivity index (χ1v) is 9.66. The fourth-order valence-corrected chi connectivity index (χ4v) is 3.90. The number of carbonyl (C=O) groups excluding carboxylic acids is 1. The number of carbonyl (C=O) groups is 1. The molecule has 2 aromatic carbocycles. The molecule has 1 amide bonds. The number of benzene rings is 2. The molecule has 0 unspecified atom stereocenters. The molecule has 2 heterocycles. The van der Waals surface area contributed by atoms with Crippen molar-refractivity contribution in [3.63, 3.8) is 0 Å². The second kappa shape index (κ2) is 6.96. The summed E-state index contributed by atoms with van der Waals surface area (Å²) in [4.78, 5) is 22.2. The third kappa shape index (κ3) is 3.36. The molecule has 0 aliphatic rings. The van der Waals surface area contributed by atoms with Gasteiger partial charge in [-0.3, -0.25) is 9.36 Å². The molecule has 1 N–H and O–H groups in total. The molecule has 136 valence electrons. The minimum Gasteiger partial charge on any atom is -0.321 e. The number of amides is 1. The standard InChI is InChI=1S/C21H20N4OS/c1-13(2)21-23-14(3)19(27-21)20(26)24-15-8-10-16(11-9-15)25-12-22-17-6-4-5-7-18(17)25/h4-13H,1-3H3,(H,24,26). The molecule has 6 heteroatoms. The minimum absolute atomic E-state index is 0.113. The molecule has 4 aromatic rings. The number of para-hydroxylation sites is 2. The summed E-state index contributed by atoms with van der Waals surface area (Å²) in [7, 11) is 0. The predicted molar refractivity (Wildman–Crippen MR) is 110 cm³/mol. The number of imidazole rings is 1. The zero-order valence-corrected chi connectivity index (χ0v) is 16.2. The number of fused-ring (bicyclic) bond motifs is 1. The number of aromatic nitrogens is 3. The van der Waals surface area contributed by atoms with Crippen molar-refractivity contribution in [2.75, 3.05) is 5.32 Å². The second-order valence-electron chi connectivity index (χ2n) is 6.73. The summed E-state index contributed by atoms with van der Waals surface area (Å²) in [5.41, 5.74) is 4.54. The first kappa shape index (κ1) is 17.4. The number of aryl methyl sites for hydroxylation is 1. The van der Waals surface area contributed by atoms with Crippen molar-refractivity contribution >= 4 is 34.0 Å². The molecule has 0 fully saturated rings. The van der Waals surface area contributed by atoms with Gasteiger partial charge in [0.1, 0.15) is 11.2 Å². The molecule has 5 nitrogen and oxygen atoms in total. The highest BCUT2D eigenvalue weighted by molar-refractivity contribution is 7.14. The van der Waals surface area contributed by atoms with Crippen LogP contribution in [0.2, 0.25) is 0 Å². The lowest BCUT2D eigenvalue weighted by molar-refractivity contribution is 0.103. The Labute approximate surface area is 161 Å². The summed E-state index contributed by atoms with van der Waals surface area (Å²) in [6.45, 7) is 6.04. The van der Waals surface area contributed by atoms with E-state index in [1.54, 1.807) is 0 Å². The number of nitrogens with one attached hydrogen (secondary N) is 1. The van der Waals surface area contributed by atoms with Crippen LogP contribution in [0.4, 0.5) is 5.69 Å². The molecule has 0 spiro atoms. The van der Waals surface area contributed by atoms with Crippen LogP contribution in [-0.4, -0.2) is 20.4 Å². The van der Waals surface area contributed by atoms with E-state index in [4.69, 9.17) is 0 Å². The lowest BCUT2D eigenvalue weighted by atomic mass is 10.2. The van der Waals surface area contributed by atoms with Gasteiger partial charge < -0.3 is 5.32 Å². The highest BCUT2D eigenvalue weighted by atomic mass is 32.1. The quantitative estimate of drug-likeness (QED) is 0.535. The van der Waals surface area contributed by atoms with Crippen LogP contribution in [-0.2, 0) is 0 Å². The number of thiazole rings is 1. The van der Waals surface area contributed by atoms with Crippen molar-refractivity contribution in [3.8, 4) is 5.69 Å². The molecule has 4 rings (SSSR count). The van der Waals surface area contributed by atoms with Gasteiger partial charge in [-0.15, -0.1) is 11.3 Å². The van der Waals surface area contributed by atoms with E-state index in [1.165, 1.54) is 11.3 Å². The Hall–Kier alpha value is -2.99. The summed E-state index contributed by atoms with van der Waals surface area (Å²) in [6.07, 6.45) is 1.81. The molecular weight excluding hydrogens is 356 g/mol. The van der Waals surface area contributed by atoms with Gasteiger partial charge in [-0.2, -0.15) is 0 Å². The van der Waals surface area contributed by atoms with Gasteiger partial charge >= 0.3 is 0 Å². The maximum Gasteiger partial charge on any atom is 0.267 e. The Morgan fingerprint density at radius 1 is 1.11 bits per heavy atom. The van der Waals surface area contributed by atoms with E-state index in [1.807, 2.05) is 66.3 Å². The largest absolute Gasteiger partial charge is 0.321 e. The fourth-order valence-electron chi connectivity index (χ4n) is 2.93. The van der Waals surface area contributed by atoms with Gasteiger partial charge in [-0.1, -0.05) is 26.0 Å². The van der Waals surface area contributed by atoms with Crippen LogP contribution in [0.3, 0.4) is 0 Å². The SMILES string of the molecule is Cc1nc(C(C)C)sc1C(=O)Nc1ccc(-n2cnc3ccccc32)cc1. The lowest BCUT2D eigenvalue weighted by Gasteiger charge is -2.07. The van der Waals surface area contributed by atoms with Crippen molar-refractivity contribution in [1.82, 2.24) is 14.5 Å². The van der Waals surface area contributed by atoms with Crippen molar-refractivity contribution in [2.45, 2.75) is 26.7 Å². The molecule has 0 saturated carbocycles. The van der Waals surface area contributed by atoms with E-state index in [2.05, 4.69) is 29.1 Å². The summed E-state index contributed by atoms with van der Waals surface area (Å²) < 4.78 is 2.03. The van der Waals surface area contributed by atoms with Crippen LogP contribution in [0.5, 0.6) is 0 Å². The summed E-state index contributed by atoms with van der Waals surface area (Å²) in [5, 5.41) is 3.95. The van der Waals surface area contributed by atoms with Crippen molar-refractivity contribution in [1.29, 1.82) is 0 Å². The minimum atomic E-state index is -0.113. The summed E-state index contributed by atoms with van der Waals surface area (Å²) >= 11 is 1.46. The van der Waals surface area contributed by atoms with Crippen LogP contribution >= 0.6 is 11.3 Å². The van der Waals surface area contributed by atoms with Gasteiger partial charge in [0.05, 0.1) is 21.7 Å². The number of nitrogens with zero attached hydrogens (tertiary/aromatic N) is 3. The summed E-state index contributed by atoms with van der Waals surface area (Å²) in [5.74, 6) is 0.206. The molecule has 0 atom stereocenters. The molecular formula is C21H20N4OS. The van der Waals surface area contributed by atoms with Crippen LogP contribution in [0.15, 0.2) is 54.9 Å². The number of hydrogen-bond donors (Lipinski definition) is 1. The van der Waals surface area contributed by atoms with Crippen LogP contribution < -0.4 is 5.32 Å². The fraction of sp³-hybridized carbons (Fsp3) is 0.190. The normalized spacial score (nSPS) is 11.3. The Morgan fingerprint density at radius 3 is 2.56 bits per heavy atom. The predicted octanol–water partition coefficient (Wildman–Crippen LogP) is 5.17. The van der Waals surface area contributed by atoms with E-state index in [0.29, 0.717) is 10.8 Å². The van der Waals surface area contributed by atoms with Crippen LogP contribution in [0.25, 0.3) is 16.7 Å². The average molecular weight is 376 g/mol. The van der Waals surface area contributed by atoms with E-state index >= 15 is 0 Å². The zero-order chi connectivity index (χ0) is 19.0. The highest BCUT2D eigenvalue weighted by Gasteiger charge is 2.17. The third-order valence-corrected chi connectivity index (χ3v) is 5.83. The number of hydrogen-bond acceptors (Lipinski definition) is 4. The molecule has 0 aliphatic heterocycles. The van der Waals surface area contributed by atoms with E-state index < -0.39 is 0 Å². The topological polar surface area (TPSA) is 59.8 Å². The van der Waals surface area contributed by atoms with Gasteiger partial charge in [-0.05, 0) is 43.3 Å². The van der Waals surface area contributed by atoms with Crippen LogP contribution in [0.1, 0.15) is 40.1 Å². The Balaban J connectivity index is 1.55. The molecule has 0 saturated heterocycles. The Morgan fingerprint density at radius 2 is 1.85 bits per heavy atom. The van der Waals surface area contributed by atoms with Crippen LogP contribution in [0, 0.1) is 6.92 Å². The van der Waals surface area contributed by atoms with Gasteiger partial charge in [0.15, 0.2) is 0 Å². The lowest BCUT2D eigenvalue weighted by Crippen LogP contribution is -2.11. The molecule has 2 aromatic heterocycles. The molecule has 0 bridgehead atoms. The maximum absolute atomic E-state index is 12.6. The van der Waals surface area contributed by atoms with Gasteiger partial charge in [0.2, 0.25) is 0 Å². The first-order chi connectivity index (χ1) is 13.0. The van der Waals surface area contributed by atoms with E-state index in [-0.39, 0.29) is 5.91 Å². The number of rotatable bonds is 4. The Kier molecular flexibility index (Phi) is 4.49. The maximum atomic E-state index is 12.6. The van der Waals surface area contributed by atoms with Crippen molar-refractivity contribution < 1.29 is 4.79 Å². The van der Waals surface area contributed by atoms with Crippen molar-refractivity contribution in [3.05, 3.63) is 70.4 Å².